The molecule has 1 aromatic heterocycles. The predicted octanol–water partition coefficient (Wildman–Crippen LogP) is 3.40. The zero-order valence-corrected chi connectivity index (χ0v) is 17.5. The molecular formula is C21H21N3O5S. The summed E-state index contributed by atoms with van der Waals surface area (Å²) in [7, 11) is -2.64. The lowest BCUT2D eigenvalue weighted by molar-refractivity contribution is -0.131. The van der Waals surface area contributed by atoms with Crippen molar-refractivity contribution in [1.29, 1.82) is 0 Å². The van der Waals surface area contributed by atoms with Crippen molar-refractivity contribution < 1.29 is 23.1 Å². The summed E-state index contributed by atoms with van der Waals surface area (Å²) in [5, 5.41) is 13.2. The van der Waals surface area contributed by atoms with Crippen LogP contribution in [0.4, 0.5) is 5.69 Å². The van der Waals surface area contributed by atoms with Gasteiger partial charge in [-0.2, -0.15) is 5.10 Å². The number of aromatic nitrogens is 2. The Kier molecular flexibility index (Phi) is 5.93. The summed E-state index contributed by atoms with van der Waals surface area (Å²) < 4.78 is 35.5. The number of nitrogens with one attached hydrogen (secondary N) is 1. The molecule has 0 unspecified atom stereocenters. The number of anilines is 1. The largest absolute Gasteiger partial charge is 0.495 e. The first-order valence-corrected chi connectivity index (χ1v) is 10.4. The van der Waals surface area contributed by atoms with Gasteiger partial charge in [-0.25, -0.2) is 17.9 Å². The van der Waals surface area contributed by atoms with Crippen LogP contribution >= 0.6 is 0 Å². The fourth-order valence-corrected chi connectivity index (χ4v) is 4.23. The maximum atomic E-state index is 13.0. The van der Waals surface area contributed by atoms with Gasteiger partial charge in [0, 0.05) is 11.8 Å². The molecule has 0 spiro atoms. The van der Waals surface area contributed by atoms with Crippen LogP contribution in [0.2, 0.25) is 0 Å². The Morgan fingerprint density at radius 3 is 2.57 bits per heavy atom. The zero-order chi connectivity index (χ0) is 21.9. The molecular weight excluding hydrogens is 406 g/mol. The Morgan fingerprint density at radius 2 is 1.93 bits per heavy atom. The molecule has 9 heteroatoms. The molecule has 3 aromatic rings. The van der Waals surface area contributed by atoms with Gasteiger partial charge in [-0.05, 0) is 61.9 Å². The first-order chi connectivity index (χ1) is 14.2. The lowest BCUT2D eigenvalue weighted by Gasteiger charge is -2.13. The molecule has 3 rings (SSSR count). The molecule has 2 N–H and O–H groups in total. The molecule has 1 heterocycles. The average molecular weight is 427 g/mol. The van der Waals surface area contributed by atoms with E-state index in [1.807, 2.05) is 26.0 Å². The summed E-state index contributed by atoms with van der Waals surface area (Å²) >= 11 is 0. The first kappa shape index (κ1) is 21.1. The number of aliphatic carboxylic acids is 1. The minimum absolute atomic E-state index is 0.103. The number of methoxy groups -OCH3 is 1. The number of hydrogen-bond donors (Lipinski definition) is 2. The van der Waals surface area contributed by atoms with Crippen LogP contribution in [0.3, 0.4) is 0 Å². The average Bonchev–Trinajstić information content (AvgIpc) is 3.04. The highest BCUT2D eigenvalue weighted by Crippen LogP contribution is 2.28. The van der Waals surface area contributed by atoms with E-state index in [1.165, 1.54) is 25.3 Å². The fourth-order valence-electron chi connectivity index (χ4n) is 2.98. The van der Waals surface area contributed by atoms with E-state index >= 15 is 0 Å². The van der Waals surface area contributed by atoms with E-state index in [1.54, 1.807) is 28.9 Å². The summed E-state index contributed by atoms with van der Waals surface area (Å²) in [5.74, 6) is -0.987. The molecule has 2 aromatic carbocycles. The van der Waals surface area contributed by atoms with Crippen molar-refractivity contribution in [2.24, 2.45) is 0 Å². The van der Waals surface area contributed by atoms with E-state index in [0.717, 1.165) is 17.5 Å². The number of benzene rings is 2. The van der Waals surface area contributed by atoms with Crippen LogP contribution in [0.25, 0.3) is 11.8 Å². The van der Waals surface area contributed by atoms with Gasteiger partial charge in [0.25, 0.3) is 10.0 Å². The van der Waals surface area contributed by atoms with E-state index in [2.05, 4.69) is 9.82 Å². The van der Waals surface area contributed by atoms with Crippen LogP contribution in [-0.4, -0.2) is 36.4 Å². The van der Waals surface area contributed by atoms with Gasteiger partial charge in [0.2, 0.25) is 0 Å². The highest BCUT2D eigenvalue weighted by molar-refractivity contribution is 7.92. The van der Waals surface area contributed by atoms with Crippen LogP contribution in [0.15, 0.2) is 59.5 Å². The number of sulfonamides is 1. The Hall–Kier alpha value is -3.59. The Bertz CT molecular complexity index is 1230. The second-order valence-electron chi connectivity index (χ2n) is 6.58. The number of aryl methyl sites for hydroxylation is 2. The third-order valence-corrected chi connectivity index (χ3v) is 5.65. The molecule has 0 aliphatic rings. The summed E-state index contributed by atoms with van der Waals surface area (Å²) in [6.07, 6.45) is 2.24. The fraction of sp³-hybridized carbons (Fsp3) is 0.143. The number of hydrogen-bond acceptors (Lipinski definition) is 5. The lowest BCUT2D eigenvalue weighted by atomic mass is 10.2. The molecule has 0 saturated heterocycles. The number of carbonyl (C=O) groups is 1. The Labute approximate surface area is 174 Å². The zero-order valence-electron chi connectivity index (χ0n) is 16.7. The van der Waals surface area contributed by atoms with E-state index in [0.29, 0.717) is 16.9 Å². The van der Waals surface area contributed by atoms with Gasteiger partial charge in [-0.1, -0.05) is 12.1 Å². The molecule has 8 nitrogen and oxygen atoms in total. The van der Waals surface area contributed by atoms with E-state index < -0.39 is 16.0 Å². The number of rotatable bonds is 7. The minimum Gasteiger partial charge on any atom is -0.495 e. The third kappa shape index (κ3) is 4.69. The summed E-state index contributed by atoms with van der Waals surface area (Å²) in [4.78, 5) is 10.6. The molecule has 30 heavy (non-hydrogen) atoms. The highest BCUT2D eigenvalue weighted by Gasteiger charge is 2.20. The maximum Gasteiger partial charge on any atom is 0.328 e. The van der Waals surface area contributed by atoms with Crippen LogP contribution in [-0.2, 0) is 14.8 Å². The van der Waals surface area contributed by atoms with Crippen molar-refractivity contribution in [2.45, 2.75) is 18.7 Å². The second-order valence-corrected chi connectivity index (χ2v) is 8.23. The van der Waals surface area contributed by atoms with Crippen molar-refractivity contribution in [3.05, 3.63) is 71.6 Å². The van der Waals surface area contributed by atoms with Gasteiger partial charge in [0.1, 0.15) is 10.6 Å². The standard InChI is InChI=1S/C21H21N3O5S/c1-14-11-15(2)24(22-14)18-6-4-5-17(13-18)23-30(27,28)20-12-16(8-10-21(25)26)7-9-19(20)29-3/h4-13,23H,1-3H3,(H,25,26)/b10-8+. The van der Waals surface area contributed by atoms with E-state index in [-0.39, 0.29) is 10.6 Å². The quantitative estimate of drug-likeness (QED) is 0.559. The van der Waals surface area contributed by atoms with Gasteiger partial charge in [0.05, 0.1) is 24.2 Å². The molecule has 0 bridgehead atoms. The van der Waals surface area contributed by atoms with Crippen LogP contribution < -0.4 is 9.46 Å². The number of carboxylic acids is 1. The summed E-state index contributed by atoms with van der Waals surface area (Å²) in [6, 6.07) is 13.2. The molecule has 0 aliphatic carbocycles. The van der Waals surface area contributed by atoms with Crippen molar-refractivity contribution in [1.82, 2.24) is 9.78 Å². The van der Waals surface area contributed by atoms with Gasteiger partial charge < -0.3 is 9.84 Å². The normalized spacial score (nSPS) is 11.6. The molecule has 156 valence electrons. The number of carboxylic acid groups (broad SMARTS) is 1. The third-order valence-electron chi connectivity index (χ3n) is 4.25. The summed E-state index contributed by atoms with van der Waals surface area (Å²) in [6.45, 7) is 3.80. The molecule has 0 atom stereocenters. The molecule has 0 fully saturated rings. The lowest BCUT2D eigenvalue weighted by Crippen LogP contribution is -2.14. The predicted molar refractivity (Wildman–Crippen MR) is 114 cm³/mol. The monoisotopic (exact) mass is 427 g/mol. The van der Waals surface area contributed by atoms with Gasteiger partial charge in [-0.15, -0.1) is 0 Å². The molecule has 0 aliphatic heterocycles. The van der Waals surface area contributed by atoms with Crippen LogP contribution in [0, 0.1) is 13.8 Å². The van der Waals surface area contributed by atoms with Gasteiger partial charge in [0.15, 0.2) is 0 Å². The van der Waals surface area contributed by atoms with Gasteiger partial charge in [-0.3, -0.25) is 4.72 Å². The van der Waals surface area contributed by atoms with E-state index in [9.17, 15) is 13.2 Å². The second kappa shape index (κ2) is 8.42. The number of nitrogens with zero attached hydrogens (tertiary/aromatic N) is 2. The van der Waals surface area contributed by atoms with Crippen LogP contribution in [0.5, 0.6) is 5.75 Å². The van der Waals surface area contributed by atoms with Crippen molar-refractivity contribution in [2.75, 3.05) is 11.8 Å². The SMILES string of the molecule is COc1ccc(/C=C/C(=O)O)cc1S(=O)(=O)Nc1cccc(-n2nc(C)cc2C)c1. The summed E-state index contributed by atoms with van der Waals surface area (Å²) in [5.41, 5.74) is 3.26. The molecule has 0 radical (unpaired) electrons. The molecule has 0 amide bonds. The van der Waals surface area contributed by atoms with Crippen molar-refractivity contribution >= 4 is 27.8 Å². The van der Waals surface area contributed by atoms with Crippen LogP contribution in [0.1, 0.15) is 17.0 Å². The van der Waals surface area contributed by atoms with Crippen molar-refractivity contribution in [3.8, 4) is 11.4 Å². The highest BCUT2D eigenvalue weighted by atomic mass is 32.2. The minimum atomic E-state index is -4.01. The van der Waals surface area contributed by atoms with Crippen molar-refractivity contribution in [3.63, 3.8) is 0 Å². The molecule has 0 saturated carbocycles. The Balaban J connectivity index is 1.97. The first-order valence-electron chi connectivity index (χ1n) is 8.95. The Morgan fingerprint density at radius 1 is 1.17 bits per heavy atom. The maximum absolute atomic E-state index is 13.0. The van der Waals surface area contributed by atoms with E-state index in [4.69, 9.17) is 9.84 Å². The van der Waals surface area contributed by atoms with Gasteiger partial charge >= 0.3 is 5.97 Å². The topological polar surface area (TPSA) is 111 Å². The smallest absolute Gasteiger partial charge is 0.328 e. The number of ether oxygens (including phenoxy) is 1.